The average Bonchev–Trinajstić information content (AvgIpc) is 3.03. The van der Waals surface area contributed by atoms with Gasteiger partial charge in [0.25, 0.3) is 0 Å². The number of likely N-dealkylation sites (tertiary alicyclic amines) is 2. The van der Waals surface area contributed by atoms with E-state index in [1.165, 1.54) is 19.5 Å². The summed E-state index contributed by atoms with van der Waals surface area (Å²) in [5.74, 6) is 1.68. The maximum Gasteiger partial charge on any atom is 0.194 e. The average molecular weight is 396 g/mol. The summed E-state index contributed by atoms with van der Waals surface area (Å²) in [5.41, 5.74) is 0. The minimum absolute atomic E-state index is 0. The molecule has 0 aromatic heterocycles. The van der Waals surface area contributed by atoms with E-state index < -0.39 is 0 Å². The first-order valence-electron chi connectivity index (χ1n) is 7.66. The molecule has 1 unspecified atom stereocenters. The number of hydrogen-bond acceptors (Lipinski definition) is 3. The lowest BCUT2D eigenvalue weighted by Gasteiger charge is -2.21. The number of aliphatic hydroxyl groups is 1. The highest BCUT2D eigenvalue weighted by molar-refractivity contribution is 14.0. The van der Waals surface area contributed by atoms with Crippen LogP contribution < -0.4 is 5.32 Å². The summed E-state index contributed by atoms with van der Waals surface area (Å²) < 4.78 is 0. The van der Waals surface area contributed by atoms with Gasteiger partial charge in [-0.15, -0.1) is 24.0 Å². The van der Waals surface area contributed by atoms with Crippen LogP contribution >= 0.6 is 24.0 Å². The third-order valence-electron chi connectivity index (χ3n) is 4.11. The van der Waals surface area contributed by atoms with Crippen molar-refractivity contribution in [2.45, 2.75) is 32.8 Å². The summed E-state index contributed by atoms with van der Waals surface area (Å²) in [6, 6.07) is 0. The van der Waals surface area contributed by atoms with E-state index in [1.807, 2.05) is 0 Å². The maximum absolute atomic E-state index is 9.63. The van der Waals surface area contributed by atoms with E-state index in [2.05, 4.69) is 29.0 Å². The van der Waals surface area contributed by atoms with Gasteiger partial charge in [0.05, 0.1) is 6.10 Å². The Morgan fingerprint density at radius 2 is 2.05 bits per heavy atom. The van der Waals surface area contributed by atoms with E-state index in [-0.39, 0.29) is 30.1 Å². The zero-order valence-corrected chi connectivity index (χ0v) is 15.0. The fraction of sp³-hybridized carbons (Fsp3) is 0.929. The minimum atomic E-state index is -0.189. The Morgan fingerprint density at radius 1 is 1.25 bits per heavy atom. The van der Waals surface area contributed by atoms with Crippen LogP contribution in [0.4, 0.5) is 0 Å². The maximum atomic E-state index is 9.63. The van der Waals surface area contributed by atoms with Crippen molar-refractivity contribution in [2.24, 2.45) is 10.9 Å². The van der Waals surface area contributed by atoms with E-state index >= 15 is 0 Å². The third kappa shape index (κ3) is 5.04. The topological polar surface area (TPSA) is 51.1 Å². The third-order valence-corrected chi connectivity index (χ3v) is 4.11. The molecule has 2 saturated heterocycles. The number of guanidine groups is 1. The van der Waals surface area contributed by atoms with Gasteiger partial charge in [-0.3, -0.25) is 4.99 Å². The Balaban J connectivity index is 0.00000200. The second-order valence-corrected chi connectivity index (χ2v) is 5.63. The number of halogens is 1. The molecule has 2 N–H and O–H groups in total. The van der Waals surface area contributed by atoms with Gasteiger partial charge in [0.2, 0.25) is 0 Å². The molecular formula is C14H29IN4O. The normalized spacial score (nSPS) is 27.8. The van der Waals surface area contributed by atoms with Crippen LogP contribution in [0.15, 0.2) is 4.99 Å². The second kappa shape index (κ2) is 9.04. The highest BCUT2D eigenvalue weighted by Gasteiger charge is 2.24. The second-order valence-electron chi connectivity index (χ2n) is 5.63. The van der Waals surface area contributed by atoms with Crippen molar-refractivity contribution in [3.63, 3.8) is 0 Å². The molecule has 0 aromatic rings. The number of rotatable bonds is 4. The van der Waals surface area contributed by atoms with Gasteiger partial charge in [-0.1, -0.05) is 6.92 Å². The monoisotopic (exact) mass is 396 g/mol. The standard InChI is InChI=1S/C14H28N4O.HI/c1-3-15-14(18-8-6-13(19)11-18)16-9-12-5-7-17(4-2)10-12;/h12-13,19H,3-11H2,1-2H3,(H,15,16);1H/t12?,13-;/m1./s1. The van der Waals surface area contributed by atoms with Gasteiger partial charge in [-0.2, -0.15) is 0 Å². The summed E-state index contributed by atoms with van der Waals surface area (Å²) in [6.45, 7) is 11.3. The molecule has 20 heavy (non-hydrogen) atoms. The lowest BCUT2D eigenvalue weighted by atomic mass is 10.1. The molecule has 0 amide bonds. The Hall–Kier alpha value is -0.0800. The van der Waals surface area contributed by atoms with Crippen LogP contribution in [0.3, 0.4) is 0 Å². The van der Waals surface area contributed by atoms with Crippen LogP contribution in [0.25, 0.3) is 0 Å². The molecule has 0 radical (unpaired) electrons. The largest absolute Gasteiger partial charge is 0.391 e. The van der Waals surface area contributed by atoms with Crippen molar-refractivity contribution < 1.29 is 5.11 Å². The highest BCUT2D eigenvalue weighted by atomic mass is 127. The lowest BCUT2D eigenvalue weighted by molar-refractivity contribution is 0.187. The van der Waals surface area contributed by atoms with Crippen molar-refractivity contribution in [3.05, 3.63) is 0 Å². The van der Waals surface area contributed by atoms with Gasteiger partial charge < -0.3 is 20.2 Å². The summed E-state index contributed by atoms with van der Waals surface area (Å²) in [4.78, 5) is 9.45. The van der Waals surface area contributed by atoms with Crippen molar-refractivity contribution in [1.29, 1.82) is 0 Å². The Kier molecular flexibility index (Phi) is 8.13. The predicted octanol–water partition coefficient (Wildman–Crippen LogP) is 0.978. The molecule has 0 aliphatic carbocycles. The first kappa shape index (κ1) is 18.0. The molecule has 2 aliphatic heterocycles. The molecule has 2 atom stereocenters. The van der Waals surface area contributed by atoms with Gasteiger partial charge in [0.15, 0.2) is 5.96 Å². The SMILES string of the molecule is CCNC(=NCC1CCN(CC)C1)N1CC[C@@H](O)C1.I. The van der Waals surface area contributed by atoms with Crippen LogP contribution in [-0.2, 0) is 0 Å². The van der Waals surface area contributed by atoms with E-state index in [9.17, 15) is 5.11 Å². The molecule has 0 spiro atoms. The predicted molar refractivity (Wildman–Crippen MR) is 93.8 cm³/mol. The van der Waals surface area contributed by atoms with Crippen LogP contribution in [0.2, 0.25) is 0 Å². The zero-order valence-electron chi connectivity index (χ0n) is 12.7. The number of nitrogens with one attached hydrogen (secondary N) is 1. The molecule has 2 aliphatic rings. The number of nitrogens with zero attached hydrogens (tertiary/aromatic N) is 3. The Morgan fingerprint density at radius 3 is 2.60 bits per heavy atom. The molecule has 2 heterocycles. The van der Waals surface area contributed by atoms with Crippen LogP contribution in [0, 0.1) is 5.92 Å². The van der Waals surface area contributed by atoms with Crippen LogP contribution in [-0.4, -0.2) is 72.8 Å². The molecule has 0 aromatic carbocycles. The smallest absolute Gasteiger partial charge is 0.194 e. The van der Waals surface area contributed by atoms with Crippen molar-refractivity contribution in [2.75, 3.05) is 45.8 Å². The van der Waals surface area contributed by atoms with Gasteiger partial charge >= 0.3 is 0 Å². The van der Waals surface area contributed by atoms with Crippen LogP contribution in [0.1, 0.15) is 26.7 Å². The summed E-state index contributed by atoms with van der Waals surface area (Å²) in [5, 5.41) is 13.0. The molecular weight excluding hydrogens is 367 g/mol. The van der Waals surface area contributed by atoms with E-state index in [0.717, 1.165) is 45.1 Å². The van der Waals surface area contributed by atoms with Gasteiger partial charge in [0, 0.05) is 32.7 Å². The number of hydrogen-bond donors (Lipinski definition) is 2. The molecule has 6 heteroatoms. The van der Waals surface area contributed by atoms with Crippen molar-refractivity contribution in [3.8, 4) is 0 Å². The molecule has 2 rings (SSSR count). The van der Waals surface area contributed by atoms with Crippen molar-refractivity contribution >= 4 is 29.9 Å². The molecule has 5 nitrogen and oxygen atoms in total. The van der Waals surface area contributed by atoms with Crippen LogP contribution in [0.5, 0.6) is 0 Å². The number of aliphatic hydroxyl groups excluding tert-OH is 1. The Labute approximate surface area is 139 Å². The quantitative estimate of drug-likeness (QED) is 0.423. The minimum Gasteiger partial charge on any atom is -0.391 e. The van der Waals surface area contributed by atoms with E-state index in [4.69, 9.17) is 4.99 Å². The summed E-state index contributed by atoms with van der Waals surface area (Å²) in [6.07, 6.45) is 1.93. The fourth-order valence-corrected chi connectivity index (χ4v) is 2.92. The van der Waals surface area contributed by atoms with E-state index in [1.54, 1.807) is 0 Å². The molecule has 0 saturated carbocycles. The zero-order chi connectivity index (χ0) is 13.7. The van der Waals surface area contributed by atoms with E-state index in [0.29, 0.717) is 5.92 Å². The molecule has 2 fully saturated rings. The first-order valence-corrected chi connectivity index (χ1v) is 7.66. The first-order chi connectivity index (χ1) is 9.22. The van der Waals surface area contributed by atoms with Gasteiger partial charge in [-0.25, -0.2) is 0 Å². The fourth-order valence-electron chi connectivity index (χ4n) is 2.92. The molecule has 0 bridgehead atoms. The van der Waals surface area contributed by atoms with Crippen molar-refractivity contribution in [1.82, 2.24) is 15.1 Å². The summed E-state index contributed by atoms with van der Waals surface area (Å²) >= 11 is 0. The Bertz CT molecular complexity index is 314. The van der Waals surface area contributed by atoms with Gasteiger partial charge in [0.1, 0.15) is 0 Å². The molecule has 118 valence electrons. The lowest BCUT2D eigenvalue weighted by Crippen LogP contribution is -2.40. The summed E-state index contributed by atoms with van der Waals surface area (Å²) in [7, 11) is 0. The number of β-amino-alcohol motifs (C(OH)–C–C–N with tert-alkyl or cyclic N) is 1. The van der Waals surface area contributed by atoms with Gasteiger partial charge in [-0.05, 0) is 38.8 Å². The highest BCUT2D eigenvalue weighted by Crippen LogP contribution is 2.16. The number of aliphatic imine (C=N–C) groups is 1.